The Balaban J connectivity index is 1.42. The molecule has 0 spiro atoms. The number of carbonyl (C=O) groups excluding carboxylic acids is 2. The highest BCUT2D eigenvalue weighted by molar-refractivity contribution is 6.00. The summed E-state index contributed by atoms with van der Waals surface area (Å²) in [4.78, 5) is 43.7. The number of aryl methyl sites for hydroxylation is 2. The molecular formula is C31H33F2N7O3. The monoisotopic (exact) mass is 589 g/mol. The van der Waals surface area contributed by atoms with Gasteiger partial charge in [0.1, 0.15) is 17.5 Å². The molecule has 5 rings (SSSR count). The summed E-state index contributed by atoms with van der Waals surface area (Å²) in [6, 6.07) is 9.38. The van der Waals surface area contributed by atoms with E-state index in [-0.39, 0.29) is 23.1 Å². The van der Waals surface area contributed by atoms with Crippen molar-refractivity contribution in [3.8, 4) is 11.1 Å². The highest BCUT2D eigenvalue weighted by Gasteiger charge is 2.22. The van der Waals surface area contributed by atoms with Gasteiger partial charge in [0.15, 0.2) is 0 Å². The molecule has 1 unspecified atom stereocenters. The Labute approximate surface area is 247 Å². The highest BCUT2D eigenvalue weighted by atomic mass is 19.1. The zero-order valence-electron chi connectivity index (χ0n) is 24.1. The molecule has 0 aliphatic carbocycles. The molecule has 4 N–H and O–H groups in total. The second-order valence-corrected chi connectivity index (χ2v) is 10.4. The third-order valence-electron chi connectivity index (χ3n) is 7.76. The maximum atomic E-state index is 15.1. The number of urea groups is 1. The number of nitrogens with one attached hydrogen (secondary N) is 4. The van der Waals surface area contributed by atoms with Crippen molar-refractivity contribution >= 4 is 40.5 Å². The largest absolute Gasteiger partial charge is 0.323 e. The summed E-state index contributed by atoms with van der Waals surface area (Å²) in [6.45, 7) is 8.96. The zero-order valence-corrected chi connectivity index (χ0v) is 24.1. The number of aromatic nitrogens is 2. The first-order valence-corrected chi connectivity index (χ1v) is 14.1. The summed E-state index contributed by atoms with van der Waals surface area (Å²) >= 11 is 0. The normalized spacial score (nSPS) is 14.3. The summed E-state index contributed by atoms with van der Waals surface area (Å²) < 4.78 is 31.3. The fourth-order valence-electron chi connectivity index (χ4n) is 5.47. The molecule has 43 heavy (non-hydrogen) atoms. The Morgan fingerprint density at radius 3 is 2.56 bits per heavy atom. The van der Waals surface area contributed by atoms with E-state index in [0.717, 1.165) is 26.2 Å². The van der Waals surface area contributed by atoms with E-state index in [1.807, 2.05) is 13.8 Å². The Morgan fingerprint density at radius 1 is 1.07 bits per heavy atom. The molecule has 0 saturated carbocycles. The molecule has 1 aliphatic rings. The lowest BCUT2D eigenvalue weighted by Crippen LogP contribution is -2.44. The lowest BCUT2D eigenvalue weighted by atomic mass is 9.99. The topological polar surface area (TPSA) is 120 Å². The van der Waals surface area contributed by atoms with E-state index in [9.17, 15) is 18.8 Å². The van der Waals surface area contributed by atoms with Crippen LogP contribution in [0.3, 0.4) is 0 Å². The van der Waals surface area contributed by atoms with Crippen LogP contribution in [0.1, 0.15) is 31.0 Å². The van der Waals surface area contributed by atoms with Crippen LogP contribution in [-0.2, 0) is 11.3 Å². The van der Waals surface area contributed by atoms with E-state index in [1.165, 1.54) is 24.3 Å². The average molecular weight is 590 g/mol. The summed E-state index contributed by atoms with van der Waals surface area (Å²) in [7, 11) is 0. The number of hydrogen-bond donors (Lipinski definition) is 4. The molecule has 12 heteroatoms. The Bertz CT molecular complexity index is 1750. The molecular weight excluding hydrogens is 556 g/mol. The van der Waals surface area contributed by atoms with E-state index in [1.54, 1.807) is 35.9 Å². The molecule has 2 aromatic heterocycles. The van der Waals surface area contributed by atoms with Gasteiger partial charge < -0.3 is 25.8 Å². The fourth-order valence-corrected chi connectivity index (χ4v) is 5.47. The van der Waals surface area contributed by atoms with Crippen LogP contribution in [0.15, 0.2) is 53.5 Å². The van der Waals surface area contributed by atoms with Crippen molar-refractivity contribution in [3.05, 3.63) is 81.8 Å². The lowest BCUT2D eigenvalue weighted by Gasteiger charge is -2.33. The van der Waals surface area contributed by atoms with Crippen molar-refractivity contribution in [1.29, 1.82) is 0 Å². The Kier molecular flexibility index (Phi) is 8.78. The van der Waals surface area contributed by atoms with Crippen molar-refractivity contribution in [2.24, 2.45) is 0 Å². The van der Waals surface area contributed by atoms with Gasteiger partial charge in [-0.2, -0.15) is 0 Å². The number of piperazine rings is 1. The first kappa shape index (κ1) is 29.8. The number of nitrogens with zero attached hydrogens (tertiary/aromatic N) is 3. The van der Waals surface area contributed by atoms with Gasteiger partial charge in [0, 0.05) is 73.2 Å². The molecule has 2 aromatic carbocycles. The zero-order chi connectivity index (χ0) is 30.7. The van der Waals surface area contributed by atoms with Gasteiger partial charge in [-0.05, 0) is 68.3 Å². The van der Waals surface area contributed by atoms with Crippen LogP contribution in [0.4, 0.5) is 30.8 Å². The summed E-state index contributed by atoms with van der Waals surface area (Å²) in [5, 5.41) is 11.6. The molecule has 3 heterocycles. The number of carbonyl (C=O) groups is 2. The number of fused-ring (bicyclic) bond motifs is 1. The molecule has 1 saturated heterocycles. The first-order valence-electron chi connectivity index (χ1n) is 14.1. The van der Waals surface area contributed by atoms with Gasteiger partial charge in [0.2, 0.25) is 6.41 Å². The first-order chi connectivity index (χ1) is 20.7. The number of hydrogen-bond acceptors (Lipinski definition) is 6. The van der Waals surface area contributed by atoms with Crippen molar-refractivity contribution in [2.45, 2.75) is 33.4 Å². The SMILES string of the molecule is CCn1c(=O)c(-c2cc(NC(=O)Nc3ccc(F)c(C(C)N4CCNCC4)c3)c(F)cc2C)cc2cnc(NC=O)cc21. The predicted molar refractivity (Wildman–Crippen MR) is 163 cm³/mol. The van der Waals surface area contributed by atoms with Gasteiger partial charge in [-0.3, -0.25) is 14.5 Å². The van der Waals surface area contributed by atoms with Gasteiger partial charge in [0.05, 0.1) is 11.2 Å². The molecule has 1 fully saturated rings. The number of rotatable bonds is 8. The molecule has 4 aromatic rings. The van der Waals surface area contributed by atoms with Crippen molar-refractivity contribution < 1.29 is 18.4 Å². The van der Waals surface area contributed by atoms with Gasteiger partial charge in [0.25, 0.3) is 5.56 Å². The third kappa shape index (κ3) is 6.25. The minimum Gasteiger partial charge on any atom is -0.314 e. The molecule has 10 nitrogen and oxygen atoms in total. The standard InChI is InChI=1S/C31H33F2N7O3/c1-4-40-28-15-29(36-17-41)35-16-20(28)12-24(30(40)42)22-14-27(26(33)11-18(22)2)38-31(43)37-21-5-6-25(32)23(13-21)19(3)39-9-7-34-8-10-39/h5-6,11-17,19,34H,4,7-10H2,1-3H3,(H,35,36,41)(H2,37,38,43). The van der Waals surface area contributed by atoms with Gasteiger partial charge in [-0.1, -0.05) is 0 Å². The number of benzene rings is 2. The number of pyridine rings is 2. The minimum absolute atomic E-state index is 0.124. The molecule has 1 aliphatic heterocycles. The second-order valence-electron chi connectivity index (χ2n) is 10.4. The van der Waals surface area contributed by atoms with E-state index in [2.05, 4.69) is 31.2 Å². The summed E-state index contributed by atoms with van der Waals surface area (Å²) in [5.74, 6) is -0.740. The molecule has 0 radical (unpaired) electrons. The van der Waals surface area contributed by atoms with Gasteiger partial charge in [-0.15, -0.1) is 0 Å². The Hall–Kier alpha value is -4.68. The maximum absolute atomic E-state index is 15.1. The summed E-state index contributed by atoms with van der Waals surface area (Å²) in [5.41, 5.74) is 2.20. The highest BCUT2D eigenvalue weighted by Crippen LogP contribution is 2.30. The van der Waals surface area contributed by atoms with Gasteiger partial charge >= 0.3 is 6.03 Å². The van der Waals surface area contributed by atoms with Crippen molar-refractivity contribution in [2.75, 3.05) is 42.1 Å². The van der Waals surface area contributed by atoms with E-state index in [4.69, 9.17) is 0 Å². The average Bonchev–Trinajstić information content (AvgIpc) is 2.99. The van der Waals surface area contributed by atoms with Crippen molar-refractivity contribution in [1.82, 2.24) is 19.8 Å². The van der Waals surface area contributed by atoms with Crippen LogP contribution in [0.5, 0.6) is 0 Å². The van der Waals surface area contributed by atoms with E-state index in [0.29, 0.717) is 57.6 Å². The van der Waals surface area contributed by atoms with Gasteiger partial charge in [-0.25, -0.2) is 18.6 Å². The third-order valence-corrected chi connectivity index (χ3v) is 7.76. The minimum atomic E-state index is -0.718. The van der Waals surface area contributed by atoms with Crippen LogP contribution < -0.4 is 26.8 Å². The fraction of sp³-hybridized carbons (Fsp3) is 0.290. The quantitative estimate of drug-likeness (QED) is 0.218. The van der Waals surface area contributed by atoms with Crippen LogP contribution in [-0.4, -0.2) is 53.1 Å². The lowest BCUT2D eigenvalue weighted by molar-refractivity contribution is -0.105. The second kappa shape index (κ2) is 12.7. The van der Waals surface area contributed by atoms with Crippen molar-refractivity contribution in [3.63, 3.8) is 0 Å². The number of amides is 3. The Morgan fingerprint density at radius 2 is 1.84 bits per heavy atom. The number of halogens is 2. The predicted octanol–water partition coefficient (Wildman–Crippen LogP) is 4.85. The smallest absolute Gasteiger partial charge is 0.314 e. The van der Waals surface area contributed by atoms with E-state index < -0.39 is 11.8 Å². The molecule has 3 amide bonds. The molecule has 0 bridgehead atoms. The van der Waals surface area contributed by atoms with Crippen LogP contribution >= 0.6 is 0 Å². The molecule has 224 valence electrons. The van der Waals surface area contributed by atoms with Crippen LogP contribution in [0.2, 0.25) is 0 Å². The van der Waals surface area contributed by atoms with E-state index >= 15 is 4.39 Å². The maximum Gasteiger partial charge on any atom is 0.323 e. The van der Waals surface area contributed by atoms with Crippen LogP contribution in [0.25, 0.3) is 22.0 Å². The molecule has 1 atom stereocenters. The summed E-state index contributed by atoms with van der Waals surface area (Å²) in [6.07, 6.45) is 2.05. The van der Waals surface area contributed by atoms with Crippen LogP contribution in [0, 0.1) is 18.6 Å². The number of anilines is 3.